The molecule has 1 N–H and O–H groups in total. The molecule has 8 heteroatoms. The largest absolute Gasteiger partial charge is 0.512 e. The molecule has 0 atom stereocenters. The molecule has 1 saturated carbocycles. The minimum Gasteiger partial charge on any atom is -0.512 e. The number of fused-ring (bicyclic) bond motifs is 2. The third-order valence-corrected chi connectivity index (χ3v) is 21.5. The van der Waals surface area contributed by atoms with Crippen LogP contribution in [0.5, 0.6) is 0 Å². The molecule has 0 bridgehead atoms. The number of hydrogen-bond acceptors (Lipinski definition) is 5. The van der Waals surface area contributed by atoms with Crippen molar-refractivity contribution >= 4 is 63.9 Å². The van der Waals surface area contributed by atoms with Gasteiger partial charge in [0.25, 0.3) is 0 Å². The average Bonchev–Trinajstić information content (AvgIpc) is 3.40. The van der Waals surface area contributed by atoms with E-state index in [9.17, 15) is 9.90 Å². The van der Waals surface area contributed by atoms with Crippen molar-refractivity contribution in [3.63, 3.8) is 0 Å². The van der Waals surface area contributed by atoms with Gasteiger partial charge in [-0.25, -0.2) is 4.98 Å². The van der Waals surface area contributed by atoms with Crippen molar-refractivity contribution in [2.45, 2.75) is 140 Å². The minimum atomic E-state index is -1.63. The molecular weight excluding hydrogens is 905 g/mol. The first-order valence-corrected chi connectivity index (χ1v) is 28.0. The topological polar surface area (TPSA) is 63.1 Å². The Bertz CT molecular complexity index is 1930. The third kappa shape index (κ3) is 11.0. The molecule has 2 aromatic carbocycles. The Labute approximate surface area is 354 Å². The first-order valence-electron chi connectivity index (χ1n) is 20.6. The Hall–Kier alpha value is -1.97. The first kappa shape index (κ1) is 47.4. The molecule has 0 saturated heterocycles. The zero-order valence-electron chi connectivity index (χ0n) is 36.9. The fourth-order valence-electron chi connectivity index (χ4n) is 9.33. The van der Waals surface area contributed by atoms with Gasteiger partial charge < -0.3 is 5.11 Å². The molecule has 1 aliphatic carbocycles. The second-order valence-electron chi connectivity index (χ2n) is 20.0. The molecule has 1 fully saturated rings. The fourth-order valence-corrected chi connectivity index (χ4v) is 17.0. The monoisotopic (exact) mass is 976 g/mol. The Balaban J connectivity index is 0.000000349. The number of aromatic nitrogens is 2. The van der Waals surface area contributed by atoms with Crippen LogP contribution in [0.15, 0.2) is 48.5 Å². The van der Waals surface area contributed by atoms with Crippen molar-refractivity contribution in [3.05, 3.63) is 60.1 Å². The molecule has 2 aromatic heterocycles. The summed E-state index contributed by atoms with van der Waals surface area (Å²) in [4.78, 5) is 22.0. The number of nitrogens with zero attached hydrogens (tertiary/aromatic N) is 2. The van der Waals surface area contributed by atoms with Crippen LogP contribution < -0.4 is 9.69 Å². The summed E-state index contributed by atoms with van der Waals surface area (Å²) in [7, 11) is -3.18. The predicted octanol–water partition coefficient (Wildman–Crippen LogP) is 12.9. The molecule has 4 nitrogen and oxygen atoms in total. The number of carbonyl (C=O) groups excluding carboxylic acids is 1. The van der Waals surface area contributed by atoms with Crippen LogP contribution in [0, 0.1) is 53.9 Å². The number of rotatable bonds is 11. The second-order valence-corrected chi connectivity index (χ2v) is 31.2. The van der Waals surface area contributed by atoms with Gasteiger partial charge in [-0.3, -0.25) is 9.78 Å². The van der Waals surface area contributed by atoms with Gasteiger partial charge in [-0.1, -0.05) is 144 Å². The number of thiophene rings is 1. The maximum absolute atomic E-state index is 12.3. The zero-order chi connectivity index (χ0) is 40.5. The maximum atomic E-state index is 12.3. The van der Waals surface area contributed by atoms with Crippen LogP contribution in [-0.2, 0) is 24.9 Å². The van der Waals surface area contributed by atoms with E-state index in [2.05, 4.69) is 145 Å². The molecule has 5 rings (SSSR count). The third-order valence-electron chi connectivity index (χ3n) is 12.3. The molecule has 0 unspecified atom stereocenters. The quantitative estimate of drug-likeness (QED) is 0.0704. The molecule has 1 radical (unpaired) electrons. The van der Waals surface area contributed by atoms with E-state index in [0.29, 0.717) is 29.1 Å². The van der Waals surface area contributed by atoms with Crippen LogP contribution in [0.2, 0.25) is 38.3 Å². The number of carbonyl (C=O) groups is 1. The standard InChI is InChI=1S/C30H39N2SSi2.C17H32O2.Ir/c1-20-26-28(33-29(20)35(7,8)23-13-15-30(2,3)16-14-23)27(32-19-31-26)22-17-21-11-9-10-12-24(21)25(18-22)34(4,5)6;1-10(2)16(11(3)4)14(18)9-15(19)17(12(5)6)13(7)8;/h9-12,18-19,23H,13-16H2,1-8H3;9-13,16-18H,1-8H3;/q-1;;/b;14-9-;. The molecule has 0 aliphatic heterocycles. The molecule has 1 aliphatic rings. The van der Waals surface area contributed by atoms with Crippen LogP contribution in [0.4, 0.5) is 0 Å². The van der Waals surface area contributed by atoms with E-state index >= 15 is 0 Å². The number of benzene rings is 2. The summed E-state index contributed by atoms with van der Waals surface area (Å²) in [6.07, 6.45) is 8.71. The van der Waals surface area contributed by atoms with Gasteiger partial charge in [-0.05, 0) is 64.5 Å². The van der Waals surface area contributed by atoms with Gasteiger partial charge in [0.15, 0.2) is 5.78 Å². The van der Waals surface area contributed by atoms with Crippen molar-refractivity contribution in [2.75, 3.05) is 0 Å². The van der Waals surface area contributed by atoms with Crippen molar-refractivity contribution in [1.82, 2.24) is 9.97 Å². The Kier molecular flexibility index (Phi) is 16.2. The van der Waals surface area contributed by atoms with Crippen molar-refractivity contribution in [2.24, 2.45) is 40.9 Å². The van der Waals surface area contributed by atoms with Crippen LogP contribution in [0.1, 0.15) is 100 Å². The molecule has 305 valence electrons. The molecule has 2 heterocycles. The second kappa shape index (κ2) is 18.7. The molecule has 4 aromatic rings. The van der Waals surface area contributed by atoms with Gasteiger partial charge in [0.2, 0.25) is 0 Å². The normalized spacial score (nSPS) is 15.8. The van der Waals surface area contributed by atoms with Gasteiger partial charge in [-0.15, -0.1) is 40.1 Å². The van der Waals surface area contributed by atoms with E-state index in [-0.39, 0.29) is 43.5 Å². The average molecular weight is 977 g/mol. The number of aryl methyl sites for hydroxylation is 1. The summed E-state index contributed by atoms with van der Waals surface area (Å²) in [6.45, 7) is 36.3. The van der Waals surface area contributed by atoms with Crippen LogP contribution >= 0.6 is 11.3 Å². The zero-order valence-corrected chi connectivity index (χ0v) is 42.1. The molecule has 55 heavy (non-hydrogen) atoms. The summed E-state index contributed by atoms with van der Waals surface area (Å²) in [6, 6.07) is 14.9. The summed E-state index contributed by atoms with van der Waals surface area (Å²) in [5.74, 6) is 1.63. The maximum Gasteiger partial charge on any atom is 0.162 e. The molecular formula is C47H71IrN2O2SSi2-. The van der Waals surface area contributed by atoms with Crippen LogP contribution in [0.3, 0.4) is 0 Å². The summed E-state index contributed by atoms with van der Waals surface area (Å²) >= 11 is 1.99. The number of ketones is 1. The predicted molar refractivity (Wildman–Crippen MR) is 242 cm³/mol. The summed E-state index contributed by atoms with van der Waals surface area (Å²) < 4.78 is 2.88. The smallest absolute Gasteiger partial charge is 0.162 e. The van der Waals surface area contributed by atoms with Crippen LogP contribution in [-0.4, -0.2) is 37.0 Å². The van der Waals surface area contributed by atoms with Crippen LogP contribution in [0.25, 0.3) is 32.2 Å². The Morgan fingerprint density at radius 3 is 1.96 bits per heavy atom. The number of aliphatic hydroxyl groups is 1. The van der Waals surface area contributed by atoms with E-state index in [0.717, 1.165) is 22.3 Å². The minimum absolute atomic E-state index is 0. The van der Waals surface area contributed by atoms with E-state index in [4.69, 9.17) is 9.97 Å². The number of aliphatic hydroxyl groups excluding tert-OH is 1. The number of hydrogen-bond donors (Lipinski definition) is 1. The summed E-state index contributed by atoms with van der Waals surface area (Å²) in [5, 5.41) is 14.3. The first-order chi connectivity index (χ1) is 25.0. The SMILES string of the molecule is CC(C)C(C(=O)/C=C(\O)C(C(C)C)C(C)C)C(C)C.Cc1c([Si](C)(C)C2CCC(C)(C)CC2)sc2c(-c3[c-]c4ccccc4c([Si](C)(C)C)c3)ncnc12.[Ir]. The van der Waals surface area contributed by atoms with Crippen molar-refractivity contribution in [1.29, 1.82) is 0 Å². The fraction of sp³-hybridized carbons (Fsp3) is 0.596. The Morgan fingerprint density at radius 1 is 0.891 bits per heavy atom. The molecule has 0 amide bonds. The molecule has 0 spiro atoms. The van der Waals surface area contributed by atoms with Crippen molar-refractivity contribution in [3.8, 4) is 11.3 Å². The van der Waals surface area contributed by atoms with E-state index in [1.807, 2.05) is 11.3 Å². The van der Waals surface area contributed by atoms with E-state index in [1.54, 1.807) is 10.8 Å². The van der Waals surface area contributed by atoms with E-state index in [1.165, 1.54) is 58.0 Å². The summed E-state index contributed by atoms with van der Waals surface area (Å²) in [5.41, 5.74) is 6.11. The van der Waals surface area contributed by atoms with Gasteiger partial charge in [0, 0.05) is 48.4 Å². The van der Waals surface area contributed by atoms with Gasteiger partial charge in [-0.2, -0.15) is 0 Å². The van der Waals surface area contributed by atoms with Gasteiger partial charge in [0.1, 0.15) is 6.33 Å². The van der Waals surface area contributed by atoms with E-state index < -0.39 is 16.1 Å². The Morgan fingerprint density at radius 2 is 1.44 bits per heavy atom. The van der Waals surface area contributed by atoms with Gasteiger partial charge in [0.05, 0.1) is 27.4 Å². The van der Waals surface area contributed by atoms with Gasteiger partial charge >= 0.3 is 0 Å². The number of allylic oxidation sites excluding steroid dienone is 2. The van der Waals surface area contributed by atoms with Crippen molar-refractivity contribution < 1.29 is 30.0 Å².